The highest BCUT2D eigenvalue weighted by Crippen LogP contribution is 2.30. The average Bonchev–Trinajstić information content (AvgIpc) is 2.53. The molecule has 0 saturated carbocycles. The number of nitrogens with zero attached hydrogens (tertiary/aromatic N) is 1. The molecule has 1 amide bonds. The zero-order valence-corrected chi connectivity index (χ0v) is 14.2. The van der Waals surface area contributed by atoms with Crippen molar-refractivity contribution in [2.75, 3.05) is 6.54 Å². The van der Waals surface area contributed by atoms with Crippen LogP contribution < -0.4 is 0 Å². The summed E-state index contributed by atoms with van der Waals surface area (Å²) in [4.78, 5) is 13.9. The molecular formula is C17H15BrClNO2. The van der Waals surface area contributed by atoms with Gasteiger partial charge in [-0.05, 0) is 35.2 Å². The monoisotopic (exact) mass is 379 g/mol. The van der Waals surface area contributed by atoms with Gasteiger partial charge in [-0.25, -0.2) is 4.79 Å². The standard InChI is InChI=1S/C17H15BrClNO2/c18-16-9-14(19)8-13-10-20(7-6-15(13)16)17(21)22-11-12-4-2-1-3-5-12/h1-5,8-9H,6-7,10-11H2. The van der Waals surface area contributed by atoms with Crippen LogP contribution in [0.5, 0.6) is 0 Å². The smallest absolute Gasteiger partial charge is 0.410 e. The number of carbonyl (C=O) groups excluding carboxylic acids is 1. The lowest BCUT2D eigenvalue weighted by Crippen LogP contribution is -2.36. The van der Waals surface area contributed by atoms with Crippen molar-refractivity contribution in [1.29, 1.82) is 0 Å². The molecule has 5 heteroatoms. The normalized spacial score (nSPS) is 13.6. The van der Waals surface area contributed by atoms with Crippen LogP contribution in [0.15, 0.2) is 46.9 Å². The van der Waals surface area contributed by atoms with E-state index in [-0.39, 0.29) is 6.09 Å². The van der Waals surface area contributed by atoms with Gasteiger partial charge in [-0.15, -0.1) is 0 Å². The van der Waals surface area contributed by atoms with Crippen LogP contribution in [0.4, 0.5) is 4.79 Å². The van der Waals surface area contributed by atoms with E-state index in [4.69, 9.17) is 16.3 Å². The van der Waals surface area contributed by atoms with Crippen molar-refractivity contribution in [3.05, 3.63) is 68.7 Å². The third-order valence-corrected chi connectivity index (χ3v) is 4.63. The molecule has 0 unspecified atom stereocenters. The van der Waals surface area contributed by atoms with Gasteiger partial charge >= 0.3 is 6.09 Å². The molecule has 3 nitrogen and oxygen atoms in total. The van der Waals surface area contributed by atoms with Crippen molar-refractivity contribution in [3.63, 3.8) is 0 Å². The Hall–Kier alpha value is -1.52. The van der Waals surface area contributed by atoms with Crippen LogP contribution in [0.25, 0.3) is 0 Å². The number of rotatable bonds is 2. The molecule has 114 valence electrons. The van der Waals surface area contributed by atoms with Gasteiger partial charge in [0.25, 0.3) is 0 Å². The Balaban J connectivity index is 1.65. The molecule has 0 spiro atoms. The lowest BCUT2D eigenvalue weighted by molar-refractivity contribution is 0.0918. The van der Waals surface area contributed by atoms with Crippen LogP contribution in [0.3, 0.4) is 0 Å². The summed E-state index contributed by atoms with van der Waals surface area (Å²) in [5.41, 5.74) is 3.28. The molecule has 0 saturated heterocycles. The van der Waals surface area contributed by atoms with E-state index in [2.05, 4.69) is 15.9 Å². The van der Waals surface area contributed by atoms with Crippen LogP contribution in [0.2, 0.25) is 5.02 Å². The fraction of sp³-hybridized carbons (Fsp3) is 0.235. The first kappa shape index (κ1) is 15.4. The number of fused-ring (bicyclic) bond motifs is 1. The molecule has 0 radical (unpaired) electrons. The molecule has 2 aromatic rings. The lowest BCUT2D eigenvalue weighted by atomic mass is 10.0. The summed E-state index contributed by atoms with van der Waals surface area (Å²) in [6, 6.07) is 13.5. The highest BCUT2D eigenvalue weighted by atomic mass is 79.9. The number of amides is 1. The summed E-state index contributed by atoms with van der Waals surface area (Å²) < 4.78 is 6.39. The van der Waals surface area contributed by atoms with Crippen molar-refractivity contribution in [2.24, 2.45) is 0 Å². The van der Waals surface area contributed by atoms with Crippen molar-refractivity contribution >= 4 is 33.6 Å². The zero-order chi connectivity index (χ0) is 15.5. The Bertz CT molecular complexity index is 691. The van der Waals surface area contributed by atoms with Crippen molar-refractivity contribution in [2.45, 2.75) is 19.6 Å². The molecule has 1 aliphatic heterocycles. The topological polar surface area (TPSA) is 29.5 Å². The number of hydrogen-bond donors (Lipinski definition) is 0. The molecule has 1 aliphatic rings. The van der Waals surface area contributed by atoms with Crippen molar-refractivity contribution in [1.82, 2.24) is 4.90 Å². The van der Waals surface area contributed by atoms with Crippen LogP contribution in [0, 0.1) is 0 Å². The average molecular weight is 381 g/mol. The molecule has 2 aromatic carbocycles. The highest BCUT2D eigenvalue weighted by molar-refractivity contribution is 9.10. The Kier molecular flexibility index (Phi) is 4.69. The van der Waals surface area contributed by atoms with Gasteiger partial charge in [0.15, 0.2) is 0 Å². The van der Waals surface area contributed by atoms with Crippen LogP contribution in [0.1, 0.15) is 16.7 Å². The first-order chi connectivity index (χ1) is 10.6. The second-order valence-electron chi connectivity index (χ2n) is 5.24. The van der Waals surface area contributed by atoms with Gasteiger partial charge in [0.2, 0.25) is 0 Å². The predicted molar refractivity (Wildman–Crippen MR) is 89.9 cm³/mol. The van der Waals surface area contributed by atoms with Crippen LogP contribution >= 0.6 is 27.5 Å². The fourth-order valence-corrected chi connectivity index (χ4v) is 3.65. The molecule has 0 bridgehead atoms. The third-order valence-electron chi connectivity index (χ3n) is 3.71. The highest BCUT2D eigenvalue weighted by Gasteiger charge is 2.23. The third kappa shape index (κ3) is 3.45. The molecule has 3 rings (SSSR count). The lowest BCUT2D eigenvalue weighted by Gasteiger charge is -2.29. The minimum absolute atomic E-state index is 0.286. The number of benzene rings is 2. The maximum Gasteiger partial charge on any atom is 0.410 e. The van der Waals surface area contributed by atoms with Gasteiger partial charge in [0, 0.05) is 22.6 Å². The predicted octanol–water partition coefficient (Wildman–Crippen LogP) is 4.80. The quantitative estimate of drug-likeness (QED) is 0.749. The second-order valence-corrected chi connectivity index (χ2v) is 6.53. The molecular weight excluding hydrogens is 366 g/mol. The summed E-state index contributed by atoms with van der Waals surface area (Å²) in [6.07, 6.45) is 0.513. The maximum absolute atomic E-state index is 12.2. The first-order valence-electron chi connectivity index (χ1n) is 7.06. The van der Waals surface area contributed by atoms with Crippen molar-refractivity contribution in [3.8, 4) is 0 Å². The number of hydrogen-bond acceptors (Lipinski definition) is 2. The van der Waals surface area contributed by atoms with Gasteiger partial charge < -0.3 is 9.64 Å². The van der Waals surface area contributed by atoms with Crippen molar-refractivity contribution < 1.29 is 9.53 Å². The SMILES string of the molecule is O=C(OCc1ccccc1)N1CCc2c(Br)cc(Cl)cc2C1. The molecule has 0 aromatic heterocycles. The van der Waals surface area contributed by atoms with Crippen LogP contribution in [-0.4, -0.2) is 17.5 Å². The summed E-state index contributed by atoms with van der Waals surface area (Å²) in [7, 11) is 0. The Morgan fingerprint density at radius 1 is 1.27 bits per heavy atom. The van der Waals surface area contributed by atoms with E-state index in [1.54, 1.807) is 4.90 Å². The van der Waals surface area contributed by atoms with E-state index < -0.39 is 0 Å². The van der Waals surface area contributed by atoms with Gasteiger partial charge in [-0.1, -0.05) is 57.9 Å². The molecule has 0 N–H and O–H groups in total. The zero-order valence-electron chi connectivity index (χ0n) is 11.9. The second kappa shape index (κ2) is 6.71. The van der Waals surface area contributed by atoms with E-state index in [1.807, 2.05) is 42.5 Å². The van der Waals surface area contributed by atoms with Gasteiger partial charge in [0.1, 0.15) is 6.61 Å². The van der Waals surface area contributed by atoms with Gasteiger partial charge in [-0.3, -0.25) is 0 Å². The van der Waals surface area contributed by atoms with E-state index in [9.17, 15) is 4.79 Å². The molecule has 1 heterocycles. The van der Waals surface area contributed by atoms with E-state index in [0.717, 1.165) is 22.0 Å². The molecule has 0 fully saturated rings. The maximum atomic E-state index is 12.2. The Morgan fingerprint density at radius 3 is 2.82 bits per heavy atom. The first-order valence-corrected chi connectivity index (χ1v) is 8.23. The minimum atomic E-state index is -0.286. The van der Waals surface area contributed by atoms with Gasteiger partial charge in [0.05, 0.1) is 0 Å². The molecule has 0 atom stereocenters. The van der Waals surface area contributed by atoms with E-state index in [0.29, 0.717) is 24.7 Å². The summed E-state index contributed by atoms with van der Waals surface area (Å²) in [5.74, 6) is 0. The minimum Gasteiger partial charge on any atom is -0.445 e. The number of carbonyl (C=O) groups is 1. The molecule has 22 heavy (non-hydrogen) atoms. The van der Waals surface area contributed by atoms with Gasteiger partial charge in [-0.2, -0.15) is 0 Å². The largest absolute Gasteiger partial charge is 0.445 e. The van der Waals surface area contributed by atoms with E-state index >= 15 is 0 Å². The van der Waals surface area contributed by atoms with E-state index in [1.165, 1.54) is 5.56 Å². The number of halogens is 2. The fourth-order valence-electron chi connectivity index (χ4n) is 2.58. The molecule has 0 aliphatic carbocycles. The van der Waals surface area contributed by atoms with Crippen LogP contribution in [-0.2, 0) is 24.3 Å². The Morgan fingerprint density at radius 2 is 2.05 bits per heavy atom. The number of ether oxygens (including phenoxy) is 1. The summed E-state index contributed by atoms with van der Waals surface area (Å²) in [6.45, 7) is 1.48. The Labute approximate surface area is 143 Å². The summed E-state index contributed by atoms with van der Waals surface area (Å²) >= 11 is 9.62. The summed E-state index contributed by atoms with van der Waals surface area (Å²) in [5, 5.41) is 0.671.